The molecule has 2 aromatic rings. The summed E-state index contributed by atoms with van der Waals surface area (Å²) < 4.78 is 5.27. The summed E-state index contributed by atoms with van der Waals surface area (Å²) in [6.07, 6.45) is 4.75. The van der Waals surface area contributed by atoms with E-state index in [4.69, 9.17) is 4.42 Å². The number of nitrogens with zero attached hydrogens (tertiary/aromatic N) is 2. The number of hydrogen-bond acceptors (Lipinski definition) is 4. The van der Waals surface area contributed by atoms with Gasteiger partial charge in [0.2, 0.25) is 0 Å². The second-order valence-electron chi connectivity index (χ2n) is 7.37. The SMILES string of the molecule is Cc1cc(=O)oc2cc(NC(=O)N3CCCC(N4CCCC4)C3)ccc12. The summed E-state index contributed by atoms with van der Waals surface area (Å²) in [5.41, 5.74) is 1.66. The average Bonchev–Trinajstić information content (AvgIpc) is 3.16. The number of amides is 2. The van der Waals surface area contributed by atoms with Gasteiger partial charge in [0.05, 0.1) is 0 Å². The van der Waals surface area contributed by atoms with Gasteiger partial charge in [-0.15, -0.1) is 0 Å². The highest BCUT2D eigenvalue weighted by molar-refractivity contribution is 5.92. The normalized spacial score (nSPS) is 21.3. The Bertz CT molecular complexity index is 870. The highest BCUT2D eigenvalue weighted by Crippen LogP contribution is 2.23. The number of fused-ring (bicyclic) bond motifs is 1. The number of aryl methyl sites for hydroxylation is 1. The highest BCUT2D eigenvalue weighted by Gasteiger charge is 2.29. The van der Waals surface area contributed by atoms with Gasteiger partial charge in [-0.2, -0.15) is 0 Å². The lowest BCUT2D eigenvalue weighted by molar-refractivity contribution is 0.132. The maximum Gasteiger partial charge on any atom is 0.336 e. The van der Waals surface area contributed by atoms with Crippen LogP contribution in [0, 0.1) is 6.92 Å². The molecule has 6 nitrogen and oxygen atoms in total. The molecule has 0 radical (unpaired) electrons. The van der Waals surface area contributed by atoms with Crippen LogP contribution >= 0.6 is 0 Å². The van der Waals surface area contributed by atoms with E-state index in [1.807, 2.05) is 24.0 Å². The van der Waals surface area contributed by atoms with Crippen molar-refractivity contribution in [2.24, 2.45) is 0 Å². The molecular formula is C20H25N3O3. The van der Waals surface area contributed by atoms with Crippen LogP contribution in [0.1, 0.15) is 31.2 Å². The Morgan fingerprint density at radius 2 is 1.96 bits per heavy atom. The van der Waals surface area contributed by atoms with E-state index in [-0.39, 0.29) is 11.7 Å². The van der Waals surface area contributed by atoms with Crippen molar-refractivity contribution in [3.8, 4) is 0 Å². The standard InChI is InChI=1S/C20H25N3O3/c1-14-11-19(24)26-18-12-15(6-7-17(14)18)21-20(25)23-10-4-5-16(13-23)22-8-2-3-9-22/h6-7,11-12,16H,2-5,8-10,13H2,1H3,(H,21,25). The summed E-state index contributed by atoms with van der Waals surface area (Å²) >= 11 is 0. The lowest BCUT2D eigenvalue weighted by Gasteiger charge is -2.37. The van der Waals surface area contributed by atoms with E-state index in [9.17, 15) is 9.59 Å². The minimum Gasteiger partial charge on any atom is -0.423 e. The van der Waals surface area contributed by atoms with Crippen LogP contribution < -0.4 is 10.9 Å². The number of piperidine rings is 1. The molecule has 1 atom stereocenters. The van der Waals surface area contributed by atoms with Crippen molar-refractivity contribution in [1.29, 1.82) is 0 Å². The third kappa shape index (κ3) is 3.46. The molecule has 0 aliphatic carbocycles. The van der Waals surface area contributed by atoms with Gasteiger partial charge in [-0.1, -0.05) is 0 Å². The molecule has 3 heterocycles. The van der Waals surface area contributed by atoms with Crippen molar-refractivity contribution in [2.75, 3.05) is 31.5 Å². The Hall–Kier alpha value is -2.34. The third-order valence-corrected chi connectivity index (χ3v) is 5.54. The zero-order valence-electron chi connectivity index (χ0n) is 15.2. The molecule has 0 bridgehead atoms. The number of anilines is 1. The van der Waals surface area contributed by atoms with Crippen LogP contribution in [-0.2, 0) is 0 Å². The van der Waals surface area contributed by atoms with Crippen molar-refractivity contribution in [1.82, 2.24) is 9.80 Å². The first kappa shape index (κ1) is 17.1. The molecule has 1 aromatic carbocycles. The van der Waals surface area contributed by atoms with E-state index in [0.717, 1.165) is 43.5 Å². The number of benzene rings is 1. The lowest BCUT2D eigenvalue weighted by Crippen LogP contribution is -2.50. The predicted octanol–water partition coefficient (Wildman–Crippen LogP) is 3.19. The molecule has 4 rings (SSSR count). The van der Waals surface area contributed by atoms with Gasteiger partial charge in [0.25, 0.3) is 0 Å². The van der Waals surface area contributed by atoms with Gasteiger partial charge in [0, 0.05) is 42.3 Å². The van der Waals surface area contributed by atoms with Crippen molar-refractivity contribution >= 4 is 22.7 Å². The van der Waals surface area contributed by atoms with Gasteiger partial charge in [-0.05, 0) is 63.4 Å². The van der Waals surface area contributed by atoms with Crippen molar-refractivity contribution in [3.05, 3.63) is 40.2 Å². The number of carbonyl (C=O) groups excluding carboxylic acids is 1. The molecular weight excluding hydrogens is 330 g/mol. The fraction of sp³-hybridized carbons (Fsp3) is 0.500. The summed E-state index contributed by atoms with van der Waals surface area (Å²) in [4.78, 5) is 28.7. The van der Waals surface area contributed by atoms with E-state index in [1.54, 1.807) is 6.07 Å². The highest BCUT2D eigenvalue weighted by atomic mass is 16.4. The summed E-state index contributed by atoms with van der Waals surface area (Å²) in [6, 6.07) is 7.34. The molecule has 2 saturated heterocycles. The van der Waals surface area contributed by atoms with Crippen LogP contribution in [0.25, 0.3) is 11.0 Å². The first-order valence-corrected chi connectivity index (χ1v) is 9.45. The van der Waals surface area contributed by atoms with Gasteiger partial charge in [0.15, 0.2) is 0 Å². The van der Waals surface area contributed by atoms with Crippen LogP contribution in [0.3, 0.4) is 0 Å². The number of likely N-dealkylation sites (tertiary alicyclic amines) is 2. The second kappa shape index (κ2) is 7.11. The quantitative estimate of drug-likeness (QED) is 0.840. The molecule has 2 amide bonds. The molecule has 138 valence electrons. The fourth-order valence-corrected chi connectivity index (χ4v) is 4.15. The smallest absolute Gasteiger partial charge is 0.336 e. The summed E-state index contributed by atoms with van der Waals surface area (Å²) in [7, 11) is 0. The average molecular weight is 355 g/mol. The Morgan fingerprint density at radius 3 is 2.77 bits per heavy atom. The largest absolute Gasteiger partial charge is 0.423 e. The van der Waals surface area contributed by atoms with E-state index in [0.29, 0.717) is 17.3 Å². The number of hydrogen-bond donors (Lipinski definition) is 1. The Kier molecular flexibility index (Phi) is 4.68. The summed E-state index contributed by atoms with van der Waals surface area (Å²) in [5.74, 6) is 0. The summed E-state index contributed by atoms with van der Waals surface area (Å²) in [6.45, 7) is 5.77. The Morgan fingerprint density at radius 1 is 1.15 bits per heavy atom. The Balaban J connectivity index is 1.47. The van der Waals surface area contributed by atoms with Gasteiger partial charge in [0.1, 0.15) is 5.58 Å². The van der Waals surface area contributed by atoms with Crippen LogP contribution in [0.5, 0.6) is 0 Å². The third-order valence-electron chi connectivity index (χ3n) is 5.54. The first-order valence-electron chi connectivity index (χ1n) is 9.45. The van der Waals surface area contributed by atoms with Gasteiger partial charge in [-0.25, -0.2) is 9.59 Å². The molecule has 6 heteroatoms. The number of rotatable bonds is 2. The molecule has 1 aromatic heterocycles. The fourth-order valence-electron chi connectivity index (χ4n) is 4.15. The number of carbonyl (C=O) groups is 1. The molecule has 2 aliphatic heterocycles. The predicted molar refractivity (Wildman–Crippen MR) is 102 cm³/mol. The Labute approximate surface area is 152 Å². The van der Waals surface area contributed by atoms with Crippen molar-refractivity contribution < 1.29 is 9.21 Å². The maximum atomic E-state index is 12.7. The number of nitrogens with one attached hydrogen (secondary N) is 1. The summed E-state index contributed by atoms with van der Waals surface area (Å²) in [5, 5.41) is 3.84. The van der Waals surface area contributed by atoms with Crippen molar-refractivity contribution in [2.45, 2.75) is 38.6 Å². The molecule has 0 spiro atoms. The van der Waals surface area contributed by atoms with E-state index in [1.165, 1.54) is 25.3 Å². The van der Waals surface area contributed by atoms with Crippen LogP contribution in [0.4, 0.5) is 10.5 Å². The number of urea groups is 1. The molecule has 2 aliphatic rings. The molecule has 2 fully saturated rings. The van der Waals surface area contributed by atoms with Gasteiger partial charge >= 0.3 is 11.7 Å². The first-order chi connectivity index (χ1) is 12.6. The van der Waals surface area contributed by atoms with E-state index >= 15 is 0 Å². The zero-order chi connectivity index (χ0) is 18.1. The van der Waals surface area contributed by atoms with Crippen LogP contribution in [0.15, 0.2) is 33.5 Å². The monoisotopic (exact) mass is 355 g/mol. The minimum absolute atomic E-state index is 0.0803. The minimum atomic E-state index is -0.372. The molecule has 26 heavy (non-hydrogen) atoms. The van der Waals surface area contributed by atoms with E-state index < -0.39 is 0 Å². The second-order valence-corrected chi connectivity index (χ2v) is 7.37. The molecule has 1 unspecified atom stereocenters. The topological polar surface area (TPSA) is 65.8 Å². The molecule has 0 saturated carbocycles. The zero-order valence-corrected chi connectivity index (χ0v) is 15.2. The van der Waals surface area contributed by atoms with Gasteiger partial charge < -0.3 is 14.6 Å². The van der Waals surface area contributed by atoms with Crippen LogP contribution in [0.2, 0.25) is 0 Å². The van der Waals surface area contributed by atoms with E-state index in [2.05, 4.69) is 10.2 Å². The van der Waals surface area contributed by atoms with Crippen LogP contribution in [-0.4, -0.2) is 48.1 Å². The molecule has 1 N–H and O–H groups in total. The lowest BCUT2D eigenvalue weighted by atomic mass is 10.0. The maximum absolute atomic E-state index is 12.7. The van der Waals surface area contributed by atoms with Crippen molar-refractivity contribution in [3.63, 3.8) is 0 Å². The van der Waals surface area contributed by atoms with Gasteiger partial charge in [-0.3, -0.25) is 4.90 Å².